The van der Waals surface area contributed by atoms with E-state index in [2.05, 4.69) is 24.1 Å². The average Bonchev–Trinajstić information content (AvgIpc) is 2.46. The smallest absolute Gasteiger partial charge is 0.256 e. The third-order valence-corrected chi connectivity index (χ3v) is 4.01. The standard InChI is InChI=1S/C16H25N3O/c1-12(2)18-7-9-19(10-8-18)16(20)14-6-5-13(3)11-15(14)17-4/h5-6,11-12,17H,7-10H2,1-4H3. The Hall–Kier alpha value is -1.55. The van der Waals surface area contributed by atoms with Crippen LogP contribution in [-0.2, 0) is 0 Å². The zero-order valence-electron chi connectivity index (χ0n) is 12.9. The normalized spacial score (nSPS) is 16.6. The number of piperazine rings is 1. The molecule has 110 valence electrons. The molecule has 1 aliphatic rings. The first-order valence-electron chi connectivity index (χ1n) is 7.34. The quantitative estimate of drug-likeness (QED) is 0.918. The molecular formula is C16H25N3O. The van der Waals surface area contributed by atoms with Gasteiger partial charge in [0.2, 0.25) is 0 Å². The van der Waals surface area contributed by atoms with E-state index < -0.39 is 0 Å². The first-order valence-corrected chi connectivity index (χ1v) is 7.34. The molecule has 0 unspecified atom stereocenters. The Labute approximate surface area is 121 Å². The summed E-state index contributed by atoms with van der Waals surface area (Å²) < 4.78 is 0. The van der Waals surface area contributed by atoms with E-state index in [1.54, 1.807) is 0 Å². The number of nitrogens with zero attached hydrogens (tertiary/aromatic N) is 2. The Morgan fingerprint density at radius 1 is 1.20 bits per heavy atom. The van der Waals surface area contributed by atoms with Crippen molar-refractivity contribution in [3.8, 4) is 0 Å². The molecular weight excluding hydrogens is 250 g/mol. The zero-order chi connectivity index (χ0) is 14.7. The van der Waals surface area contributed by atoms with Crippen LogP contribution in [0.5, 0.6) is 0 Å². The van der Waals surface area contributed by atoms with Crippen LogP contribution < -0.4 is 5.32 Å². The molecule has 1 aromatic rings. The van der Waals surface area contributed by atoms with Crippen LogP contribution in [0, 0.1) is 6.92 Å². The molecule has 2 rings (SSSR count). The second-order valence-electron chi connectivity index (χ2n) is 5.72. The van der Waals surface area contributed by atoms with Gasteiger partial charge in [0.25, 0.3) is 5.91 Å². The molecule has 1 fully saturated rings. The van der Waals surface area contributed by atoms with Crippen molar-refractivity contribution in [3.05, 3.63) is 29.3 Å². The number of benzene rings is 1. The number of hydrogen-bond acceptors (Lipinski definition) is 3. The van der Waals surface area contributed by atoms with Crippen molar-refractivity contribution in [3.63, 3.8) is 0 Å². The fourth-order valence-electron chi connectivity index (χ4n) is 2.66. The minimum atomic E-state index is 0.137. The summed E-state index contributed by atoms with van der Waals surface area (Å²) in [5.41, 5.74) is 2.85. The molecule has 0 radical (unpaired) electrons. The summed E-state index contributed by atoms with van der Waals surface area (Å²) in [5.74, 6) is 0.137. The highest BCUT2D eigenvalue weighted by atomic mass is 16.2. The molecule has 1 saturated heterocycles. The van der Waals surface area contributed by atoms with Gasteiger partial charge in [-0.2, -0.15) is 0 Å². The van der Waals surface area contributed by atoms with Crippen molar-refractivity contribution in [1.29, 1.82) is 0 Å². The third kappa shape index (κ3) is 3.12. The molecule has 0 atom stereocenters. The van der Waals surface area contributed by atoms with Crippen LogP contribution in [0.2, 0.25) is 0 Å². The fraction of sp³-hybridized carbons (Fsp3) is 0.562. The Morgan fingerprint density at radius 3 is 2.40 bits per heavy atom. The van der Waals surface area contributed by atoms with Gasteiger partial charge in [-0.1, -0.05) is 6.07 Å². The molecule has 0 aliphatic carbocycles. The van der Waals surface area contributed by atoms with Crippen molar-refractivity contribution in [2.45, 2.75) is 26.8 Å². The van der Waals surface area contributed by atoms with Gasteiger partial charge in [0, 0.05) is 45.0 Å². The molecule has 1 N–H and O–H groups in total. The fourth-order valence-corrected chi connectivity index (χ4v) is 2.66. The average molecular weight is 275 g/mol. The molecule has 0 aromatic heterocycles. The van der Waals surface area contributed by atoms with E-state index in [1.165, 1.54) is 0 Å². The number of rotatable bonds is 3. The van der Waals surface area contributed by atoms with Gasteiger partial charge in [-0.3, -0.25) is 9.69 Å². The molecule has 20 heavy (non-hydrogen) atoms. The van der Waals surface area contributed by atoms with E-state index in [4.69, 9.17) is 0 Å². The number of carbonyl (C=O) groups excluding carboxylic acids is 1. The largest absolute Gasteiger partial charge is 0.387 e. The lowest BCUT2D eigenvalue weighted by Crippen LogP contribution is -2.50. The topological polar surface area (TPSA) is 35.6 Å². The second-order valence-corrected chi connectivity index (χ2v) is 5.72. The van der Waals surface area contributed by atoms with Gasteiger partial charge < -0.3 is 10.2 Å². The summed E-state index contributed by atoms with van der Waals surface area (Å²) in [7, 11) is 1.86. The highest BCUT2D eigenvalue weighted by Crippen LogP contribution is 2.20. The van der Waals surface area contributed by atoms with Crippen LogP contribution in [0.25, 0.3) is 0 Å². The van der Waals surface area contributed by atoms with Crippen LogP contribution in [0.1, 0.15) is 29.8 Å². The molecule has 4 heteroatoms. The van der Waals surface area contributed by atoms with E-state index in [0.29, 0.717) is 6.04 Å². The SMILES string of the molecule is CNc1cc(C)ccc1C(=O)N1CCN(C(C)C)CC1. The monoisotopic (exact) mass is 275 g/mol. The number of nitrogens with one attached hydrogen (secondary N) is 1. The summed E-state index contributed by atoms with van der Waals surface area (Å²) in [6.45, 7) is 10.0. The minimum absolute atomic E-state index is 0.137. The predicted molar refractivity (Wildman–Crippen MR) is 83.3 cm³/mol. The Kier molecular flexibility index (Phi) is 4.65. The summed E-state index contributed by atoms with van der Waals surface area (Å²) >= 11 is 0. The number of hydrogen-bond donors (Lipinski definition) is 1. The summed E-state index contributed by atoms with van der Waals surface area (Å²) in [4.78, 5) is 17.0. The number of anilines is 1. The second kappa shape index (κ2) is 6.27. The van der Waals surface area contributed by atoms with Gasteiger partial charge in [-0.15, -0.1) is 0 Å². The molecule has 1 amide bonds. The van der Waals surface area contributed by atoms with Gasteiger partial charge in [0.15, 0.2) is 0 Å². The van der Waals surface area contributed by atoms with Gasteiger partial charge in [0.1, 0.15) is 0 Å². The first-order chi connectivity index (χ1) is 9.52. The molecule has 0 saturated carbocycles. The van der Waals surface area contributed by atoms with E-state index in [1.807, 2.05) is 37.1 Å². The number of carbonyl (C=O) groups is 1. The summed E-state index contributed by atoms with van der Waals surface area (Å²) in [6.07, 6.45) is 0. The van der Waals surface area contributed by atoms with Crippen LogP contribution in [0.3, 0.4) is 0 Å². The minimum Gasteiger partial charge on any atom is -0.387 e. The van der Waals surface area contributed by atoms with Crippen molar-refractivity contribution in [2.24, 2.45) is 0 Å². The lowest BCUT2D eigenvalue weighted by molar-refractivity contribution is 0.0596. The van der Waals surface area contributed by atoms with Crippen molar-refractivity contribution in [1.82, 2.24) is 9.80 Å². The lowest BCUT2D eigenvalue weighted by atomic mass is 10.1. The van der Waals surface area contributed by atoms with E-state index in [0.717, 1.165) is 43.0 Å². The van der Waals surface area contributed by atoms with Gasteiger partial charge >= 0.3 is 0 Å². The Balaban J connectivity index is 2.09. The molecule has 1 aliphatic heterocycles. The summed E-state index contributed by atoms with van der Waals surface area (Å²) in [5, 5.41) is 3.13. The molecule has 4 nitrogen and oxygen atoms in total. The maximum Gasteiger partial charge on any atom is 0.256 e. The number of aryl methyl sites for hydroxylation is 1. The van der Waals surface area contributed by atoms with Crippen LogP contribution in [0.4, 0.5) is 5.69 Å². The molecule has 0 spiro atoms. The Bertz CT molecular complexity index is 477. The Morgan fingerprint density at radius 2 is 1.85 bits per heavy atom. The highest BCUT2D eigenvalue weighted by Gasteiger charge is 2.24. The molecule has 1 heterocycles. The summed E-state index contributed by atoms with van der Waals surface area (Å²) in [6, 6.07) is 6.51. The van der Waals surface area contributed by atoms with Crippen LogP contribution in [0.15, 0.2) is 18.2 Å². The third-order valence-electron chi connectivity index (χ3n) is 4.01. The molecule has 1 aromatic carbocycles. The molecule has 0 bridgehead atoms. The number of amides is 1. The van der Waals surface area contributed by atoms with E-state index >= 15 is 0 Å². The van der Waals surface area contributed by atoms with Crippen LogP contribution >= 0.6 is 0 Å². The lowest BCUT2D eigenvalue weighted by Gasteiger charge is -2.37. The van der Waals surface area contributed by atoms with Crippen molar-refractivity contribution < 1.29 is 4.79 Å². The van der Waals surface area contributed by atoms with Gasteiger partial charge in [-0.05, 0) is 38.5 Å². The highest BCUT2D eigenvalue weighted by molar-refractivity contribution is 5.99. The predicted octanol–water partition coefficient (Wildman–Crippen LogP) is 2.20. The van der Waals surface area contributed by atoms with Gasteiger partial charge in [-0.25, -0.2) is 0 Å². The zero-order valence-corrected chi connectivity index (χ0v) is 12.9. The van der Waals surface area contributed by atoms with Crippen molar-refractivity contribution >= 4 is 11.6 Å². The maximum atomic E-state index is 12.6. The first kappa shape index (κ1) is 14.9. The van der Waals surface area contributed by atoms with Crippen molar-refractivity contribution in [2.75, 3.05) is 38.5 Å². The van der Waals surface area contributed by atoms with E-state index in [-0.39, 0.29) is 5.91 Å². The maximum absolute atomic E-state index is 12.6. The van der Waals surface area contributed by atoms with Crippen LogP contribution in [-0.4, -0.2) is 55.0 Å². The van der Waals surface area contributed by atoms with Gasteiger partial charge in [0.05, 0.1) is 5.56 Å². The van der Waals surface area contributed by atoms with E-state index in [9.17, 15) is 4.79 Å².